The predicted molar refractivity (Wildman–Crippen MR) is 90.8 cm³/mol. The van der Waals surface area contributed by atoms with E-state index in [1.54, 1.807) is 12.0 Å². The molecule has 0 aliphatic carbocycles. The third kappa shape index (κ3) is 2.21. The van der Waals surface area contributed by atoms with E-state index in [9.17, 15) is 4.79 Å². The van der Waals surface area contributed by atoms with Gasteiger partial charge in [-0.2, -0.15) is 5.10 Å². The molecule has 0 spiro atoms. The topological polar surface area (TPSA) is 58.2 Å². The Morgan fingerprint density at radius 3 is 2.42 bits per heavy atom. The van der Waals surface area contributed by atoms with Crippen LogP contribution < -0.4 is 4.90 Å². The van der Waals surface area contributed by atoms with Gasteiger partial charge in [-0.05, 0) is 17.7 Å². The summed E-state index contributed by atoms with van der Waals surface area (Å²) in [5.74, 6) is -0.0938. The fourth-order valence-corrected chi connectivity index (χ4v) is 3.27. The summed E-state index contributed by atoms with van der Waals surface area (Å²) >= 11 is 0. The molecule has 1 unspecified atom stereocenters. The molecule has 120 valence electrons. The molecule has 0 saturated heterocycles. The van der Waals surface area contributed by atoms with Crippen LogP contribution in [-0.4, -0.2) is 23.2 Å². The van der Waals surface area contributed by atoms with E-state index in [1.165, 1.54) is 0 Å². The SMILES string of the molecule is COCc1[nH]nc2c1C(c1ccccc1)N(c1ccccc1)C2=O. The van der Waals surface area contributed by atoms with Gasteiger partial charge in [0.2, 0.25) is 0 Å². The van der Waals surface area contributed by atoms with Gasteiger partial charge in [0.1, 0.15) is 0 Å². The molecule has 24 heavy (non-hydrogen) atoms. The Hall–Kier alpha value is -2.92. The average molecular weight is 319 g/mol. The Labute approximate surface area is 139 Å². The van der Waals surface area contributed by atoms with Gasteiger partial charge in [-0.25, -0.2) is 0 Å². The van der Waals surface area contributed by atoms with Crippen molar-refractivity contribution in [3.63, 3.8) is 0 Å². The average Bonchev–Trinajstić information content (AvgIpc) is 3.16. The van der Waals surface area contributed by atoms with Gasteiger partial charge in [-0.3, -0.25) is 14.8 Å². The number of amides is 1. The van der Waals surface area contributed by atoms with E-state index in [4.69, 9.17) is 4.74 Å². The number of carbonyl (C=O) groups is 1. The predicted octanol–water partition coefficient (Wildman–Crippen LogP) is 3.31. The molecular formula is C19H17N3O2. The Morgan fingerprint density at radius 1 is 1.08 bits per heavy atom. The van der Waals surface area contributed by atoms with Gasteiger partial charge in [0.25, 0.3) is 5.91 Å². The highest BCUT2D eigenvalue weighted by molar-refractivity contribution is 6.10. The number of carbonyl (C=O) groups excluding carboxylic acids is 1. The van der Waals surface area contributed by atoms with Crippen LogP contribution in [0.4, 0.5) is 5.69 Å². The van der Waals surface area contributed by atoms with Crippen LogP contribution in [0.15, 0.2) is 60.7 Å². The summed E-state index contributed by atoms with van der Waals surface area (Å²) in [7, 11) is 1.64. The van der Waals surface area contributed by atoms with Gasteiger partial charge in [0.05, 0.1) is 18.3 Å². The second-order valence-electron chi connectivity index (χ2n) is 5.72. The van der Waals surface area contributed by atoms with Crippen LogP contribution in [0.3, 0.4) is 0 Å². The Balaban J connectivity index is 1.90. The number of para-hydroxylation sites is 1. The summed E-state index contributed by atoms with van der Waals surface area (Å²) in [5, 5.41) is 7.21. The Bertz CT molecular complexity index is 859. The van der Waals surface area contributed by atoms with Crippen molar-refractivity contribution in [1.29, 1.82) is 0 Å². The zero-order chi connectivity index (χ0) is 16.5. The van der Waals surface area contributed by atoms with Gasteiger partial charge in [0.15, 0.2) is 5.69 Å². The molecule has 0 bridgehead atoms. The van der Waals surface area contributed by atoms with Crippen molar-refractivity contribution in [2.24, 2.45) is 0 Å². The van der Waals surface area contributed by atoms with E-state index in [0.29, 0.717) is 12.3 Å². The van der Waals surface area contributed by atoms with Crippen molar-refractivity contribution in [2.75, 3.05) is 12.0 Å². The number of hydrogen-bond donors (Lipinski definition) is 1. The highest BCUT2D eigenvalue weighted by Gasteiger charge is 2.42. The molecule has 1 amide bonds. The maximum atomic E-state index is 13.0. The first-order valence-corrected chi connectivity index (χ1v) is 7.81. The van der Waals surface area contributed by atoms with Crippen LogP contribution in [-0.2, 0) is 11.3 Å². The molecule has 5 heteroatoms. The van der Waals surface area contributed by atoms with Crippen molar-refractivity contribution in [2.45, 2.75) is 12.6 Å². The van der Waals surface area contributed by atoms with Crippen molar-refractivity contribution in [3.05, 3.63) is 83.2 Å². The lowest BCUT2D eigenvalue weighted by molar-refractivity contribution is 0.0988. The van der Waals surface area contributed by atoms with Crippen LogP contribution in [0.5, 0.6) is 0 Å². The molecule has 5 nitrogen and oxygen atoms in total. The number of aromatic nitrogens is 2. The summed E-state index contributed by atoms with van der Waals surface area (Å²) in [5.41, 5.74) is 4.12. The number of nitrogens with zero attached hydrogens (tertiary/aromatic N) is 2. The number of anilines is 1. The number of H-pyrrole nitrogens is 1. The van der Waals surface area contributed by atoms with Crippen LogP contribution in [0.2, 0.25) is 0 Å². The van der Waals surface area contributed by atoms with E-state index >= 15 is 0 Å². The molecule has 1 aliphatic heterocycles. The fraction of sp³-hybridized carbons (Fsp3) is 0.158. The lowest BCUT2D eigenvalue weighted by atomic mass is 9.98. The van der Waals surface area contributed by atoms with Crippen LogP contribution in [0.25, 0.3) is 0 Å². The highest BCUT2D eigenvalue weighted by atomic mass is 16.5. The van der Waals surface area contributed by atoms with Crippen molar-refractivity contribution in [3.8, 4) is 0 Å². The monoisotopic (exact) mass is 319 g/mol. The maximum absolute atomic E-state index is 13.0. The van der Waals surface area contributed by atoms with Crippen LogP contribution >= 0.6 is 0 Å². The number of benzene rings is 2. The third-order valence-corrected chi connectivity index (χ3v) is 4.27. The third-order valence-electron chi connectivity index (χ3n) is 4.27. The lowest BCUT2D eigenvalue weighted by Crippen LogP contribution is -2.29. The highest BCUT2D eigenvalue weighted by Crippen LogP contribution is 2.42. The molecule has 1 N–H and O–H groups in total. The lowest BCUT2D eigenvalue weighted by Gasteiger charge is -2.26. The van der Waals surface area contributed by atoms with Gasteiger partial charge in [-0.15, -0.1) is 0 Å². The van der Waals surface area contributed by atoms with Crippen LogP contribution in [0, 0.1) is 0 Å². The van der Waals surface area contributed by atoms with E-state index in [1.807, 2.05) is 60.7 Å². The summed E-state index contributed by atoms with van der Waals surface area (Å²) in [4.78, 5) is 14.8. The first-order chi connectivity index (χ1) is 11.8. The summed E-state index contributed by atoms with van der Waals surface area (Å²) < 4.78 is 5.27. The van der Waals surface area contributed by atoms with E-state index in [2.05, 4.69) is 10.2 Å². The zero-order valence-corrected chi connectivity index (χ0v) is 13.3. The normalized spacial score (nSPS) is 16.5. The number of fused-ring (bicyclic) bond motifs is 1. The summed E-state index contributed by atoms with van der Waals surface area (Å²) in [6.07, 6.45) is 0. The summed E-state index contributed by atoms with van der Waals surface area (Å²) in [6.45, 7) is 0.390. The molecule has 2 aromatic carbocycles. The molecule has 0 saturated carbocycles. The summed E-state index contributed by atoms with van der Waals surface area (Å²) in [6, 6.07) is 19.5. The number of ether oxygens (including phenoxy) is 1. The van der Waals surface area contributed by atoms with Crippen LogP contribution in [0.1, 0.15) is 33.4 Å². The maximum Gasteiger partial charge on any atom is 0.280 e. The first kappa shape index (κ1) is 14.7. The largest absolute Gasteiger partial charge is 0.378 e. The van der Waals surface area contributed by atoms with Crippen molar-refractivity contribution in [1.82, 2.24) is 10.2 Å². The van der Waals surface area contributed by atoms with E-state index in [0.717, 1.165) is 22.5 Å². The molecular weight excluding hydrogens is 302 g/mol. The smallest absolute Gasteiger partial charge is 0.280 e. The number of hydrogen-bond acceptors (Lipinski definition) is 3. The number of rotatable bonds is 4. The Kier molecular flexibility index (Phi) is 3.63. The quantitative estimate of drug-likeness (QED) is 0.802. The second kappa shape index (κ2) is 5.94. The molecule has 4 rings (SSSR count). The van der Waals surface area contributed by atoms with Gasteiger partial charge < -0.3 is 4.74 Å². The van der Waals surface area contributed by atoms with E-state index in [-0.39, 0.29) is 11.9 Å². The van der Waals surface area contributed by atoms with Gasteiger partial charge in [0, 0.05) is 18.4 Å². The zero-order valence-electron chi connectivity index (χ0n) is 13.3. The molecule has 2 heterocycles. The molecule has 0 radical (unpaired) electrons. The molecule has 1 aliphatic rings. The molecule has 1 aromatic heterocycles. The minimum Gasteiger partial charge on any atom is -0.378 e. The first-order valence-electron chi connectivity index (χ1n) is 7.81. The van der Waals surface area contributed by atoms with Crippen molar-refractivity contribution < 1.29 is 9.53 Å². The number of aromatic amines is 1. The second-order valence-corrected chi connectivity index (χ2v) is 5.72. The Morgan fingerprint density at radius 2 is 1.75 bits per heavy atom. The van der Waals surface area contributed by atoms with Gasteiger partial charge in [-0.1, -0.05) is 48.5 Å². The van der Waals surface area contributed by atoms with Crippen molar-refractivity contribution >= 4 is 11.6 Å². The minimum absolute atomic E-state index is 0.0938. The fourth-order valence-electron chi connectivity index (χ4n) is 3.27. The molecule has 1 atom stereocenters. The van der Waals surface area contributed by atoms with E-state index < -0.39 is 0 Å². The minimum atomic E-state index is -0.208. The number of methoxy groups -OCH3 is 1. The standard InChI is InChI=1S/C19H17N3O2/c1-24-12-15-16-17(21-20-15)19(23)22(14-10-6-3-7-11-14)18(16)13-8-4-2-5-9-13/h2-11,18H,12H2,1H3,(H,20,21). The molecule has 3 aromatic rings. The molecule has 0 fully saturated rings. The number of nitrogens with one attached hydrogen (secondary N) is 1. The van der Waals surface area contributed by atoms with Gasteiger partial charge >= 0.3 is 0 Å².